The standard InChI is InChI=1S/C13H16N2O4/c1-8-12(16)14-10-6-9(4-5-11(10)19-8)7-15(2)13(17)18-3/h4-6,8H,7H2,1-3H3,(H,14,16). The smallest absolute Gasteiger partial charge is 0.409 e. The quantitative estimate of drug-likeness (QED) is 0.881. The molecule has 0 fully saturated rings. The zero-order valence-electron chi connectivity index (χ0n) is 11.1. The Morgan fingerprint density at radius 1 is 1.53 bits per heavy atom. The summed E-state index contributed by atoms with van der Waals surface area (Å²) in [7, 11) is 2.98. The highest BCUT2D eigenvalue weighted by Crippen LogP contribution is 2.30. The van der Waals surface area contributed by atoms with E-state index in [-0.39, 0.29) is 5.91 Å². The molecule has 1 aromatic rings. The normalized spacial score (nSPS) is 17.0. The summed E-state index contributed by atoms with van der Waals surface area (Å²) in [5, 5.41) is 2.77. The molecule has 2 rings (SSSR count). The van der Waals surface area contributed by atoms with Gasteiger partial charge in [-0.3, -0.25) is 4.79 Å². The summed E-state index contributed by atoms with van der Waals surface area (Å²) in [5.74, 6) is 0.461. The van der Waals surface area contributed by atoms with Crippen LogP contribution >= 0.6 is 0 Å². The van der Waals surface area contributed by atoms with Gasteiger partial charge in [-0.2, -0.15) is 0 Å². The lowest BCUT2D eigenvalue weighted by molar-refractivity contribution is -0.122. The lowest BCUT2D eigenvalue weighted by Gasteiger charge is -2.24. The third-order valence-corrected chi connectivity index (χ3v) is 2.88. The van der Waals surface area contributed by atoms with Crippen molar-refractivity contribution in [1.82, 2.24) is 4.90 Å². The Morgan fingerprint density at radius 3 is 2.95 bits per heavy atom. The van der Waals surface area contributed by atoms with Gasteiger partial charge in [-0.25, -0.2) is 4.79 Å². The Kier molecular flexibility index (Phi) is 3.59. The van der Waals surface area contributed by atoms with E-state index < -0.39 is 12.2 Å². The fourth-order valence-corrected chi connectivity index (χ4v) is 1.85. The number of carbonyl (C=O) groups is 2. The van der Waals surface area contributed by atoms with Crippen LogP contribution in [-0.2, 0) is 16.1 Å². The zero-order chi connectivity index (χ0) is 14.0. The topological polar surface area (TPSA) is 67.9 Å². The maximum atomic E-state index is 11.5. The summed E-state index contributed by atoms with van der Waals surface area (Å²) in [4.78, 5) is 24.3. The van der Waals surface area contributed by atoms with Crippen LogP contribution in [0.25, 0.3) is 0 Å². The molecule has 0 bridgehead atoms. The third kappa shape index (κ3) is 2.78. The Morgan fingerprint density at radius 2 is 2.26 bits per heavy atom. The van der Waals surface area contributed by atoms with Crippen LogP contribution in [0.5, 0.6) is 5.75 Å². The average Bonchev–Trinajstić information content (AvgIpc) is 2.39. The fourth-order valence-electron chi connectivity index (χ4n) is 1.85. The first-order valence-electron chi connectivity index (χ1n) is 5.91. The van der Waals surface area contributed by atoms with Gasteiger partial charge in [0.1, 0.15) is 5.75 Å². The van der Waals surface area contributed by atoms with E-state index in [9.17, 15) is 9.59 Å². The van der Waals surface area contributed by atoms with Crippen LogP contribution < -0.4 is 10.1 Å². The van der Waals surface area contributed by atoms with Gasteiger partial charge in [0, 0.05) is 13.6 Å². The van der Waals surface area contributed by atoms with Crippen LogP contribution in [-0.4, -0.2) is 37.2 Å². The van der Waals surface area contributed by atoms with Crippen molar-refractivity contribution in [3.05, 3.63) is 23.8 Å². The van der Waals surface area contributed by atoms with Crippen molar-refractivity contribution in [1.29, 1.82) is 0 Å². The monoisotopic (exact) mass is 264 g/mol. The number of anilines is 1. The summed E-state index contributed by atoms with van der Waals surface area (Å²) >= 11 is 0. The van der Waals surface area contributed by atoms with Crippen molar-refractivity contribution < 1.29 is 19.1 Å². The molecule has 1 N–H and O–H groups in total. The number of ether oxygens (including phenoxy) is 2. The number of hydrogen-bond donors (Lipinski definition) is 1. The first kappa shape index (κ1) is 13.2. The summed E-state index contributed by atoms with van der Waals surface area (Å²) in [6.45, 7) is 2.09. The van der Waals surface area contributed by atoms with E-state index in [1.54, 1.807) is 26.1 Å². The first-order chi connectivity index (χ1) is 9.01. The molecule has 0 aromatic heterocycles. The SMILES string of the molecule is COC(=O)N(C)Cc1ccc2c(c1)NC(=O)C(C)O2. The molecule has 6 nitrogen and oxygen atoms in total. The Bertz CT molecular complexity index is 515. The van der Waals surface area contributed by atoms with Crippen LogP contribution in [0.4, 0.5) is 10.5 Å². The molecule has 19 heavy (non-hydrogen) atoms. The van der Waals surface area contributed by atoms with Gasteiger partial charge in [-0.15, -0.1) is 0 Å². The van der Waals surface area contributed by atoms with Gasteiger partial charge < -0.3 is 19.7 Å². The largest absolute Gasteiger partial charge is 0.479 e. The van der Waals surface area contributed by atoms with Crippen molar-refractivity contribution in [2.24, 2.45) is 0 Å². The van der Waals surface area contributed by atoms with E-state index in [0.717, 1.165) is 5.56 Å². The maximum Gasteiger partial charge on any atom is 0.409 e. The van der Waals surface area contributed by atoms with Crippen LogP contribution in [0, 0.1) is 0 Å². The van der Waals surface area contributed by atoms with Crippen molar-refractivity contribution in [3.63, 3.8) is 0 Å². The number of nitrogens with one attached hydrogen (secondary N) is 1. The maximum absolute atomic E-state index is 11.5. The fraction of sp³-hybridized carbons (Fsp3) is 0.385. The van der Waals surface area contributed by atoms with Crippen LogP contribution in [0.2, 0.25) is 0 Å². The number of nitrogens with zero attached hydrogens (tertiary/aromatic N) is 1. The molecule has 102 valence electrons. The van der Waals surface area contributed by atoms with E-state index >= 15 is 0 Å². The van der Waals surface area contributed by atoms with Gasteiger partial charge in [0.15, 0.2) is 6.10 Å². The second-order valence-corrected chi connectivity index (χ2v) is 4.41. The van der Waals surface area contributed by atoms with E-state index in [2.05, 4.69) is 10.1 Å². The molecule has 1 aliphatic heterocycles. The van der Waals surface area contributed by atoms with Crippen LogP contribution in [0.1, 0.15) is 12.5 Å². The van der Waals surface area contributed by atoms with Crippen molar-refractivity contribution in [2.45, 2.75) is 19.6 Å². The summed E-state index contributed by atoms with van der Waals surface area (Å²) < 4.78 is 10.1. The molecule has 2 amide bonds. The predicted molar refractivity (Wildman–Crippen MR) is 69.0 cm³/mol. The summed E-state index contributed by atoms with van der Waals surface area (Å²) in [5.41, 5.74) is 1.50. The second kappa shape index (κ2) is 5.17. The number of fused-ring (bicyclic) bond motifs is 1. The average molecular weight is 264 g/mol. The number of benzene rings is 1. The second-order valence-electron chi connectivity index (χ2n) is 4.41. The summed E-state index contributed by atoms with van der Waals surface area (Å²) in [6.07, 6.45) is -0.900. The van der Waals surface area contributed by atoms with E-state index in [1.165, 1.54) is 12.0 Å². The van der Waals surface area contributed by atoms with Crippen LogP contribution in [0.15, 0.2) is 18.2 Å². The number of carbonyl (C=O) groups excluding carboxylic acids is 2. The highest BCUT2D eigenvalue weighted by molar-refractivity contribution is 5.97. The number of rotatable bonds is 2. The van der Waals surface area contributed by atoms with Gasteiger partial charge >= 0.3 is 6.09 Å². The van der Waals surface area contributed by atoms with E-state index in [4.69, 9.17) is 4.74 Å². The highest BCUT2D eigenvalue weighted by atomic mass is 16.5. The number of amides is 2. The molecule has 1 aromatic carbocycles. The highest BCUT2D eigenvalue weighted by Gasteiger charge is 2.23. The minimum Gasteiger partial charge on any atom is -0.479 e. The molecule has 0 aliphatic carbocycles. The minimum atomic E-state index is -0.490. The lowest BCUT2D eigenvalue weighted by Crippen LogP contribution is -2.34. The van der Waals surface area contributed by atoms with Crippen molar-refractivity contribution in [2.75, 3.05) is 19.5 Å². The predicted octanol–water partition coefficient (Wildman–Crippen LogP) is 1.60. The number of hydrogen-bond acceptors (Lipinski definition) is 4. The van der Waals surface area contributed by atoms with Crippen LogP contribution in [0.3, 0.4) is 0 Å². The molecule has 0 radical (unpaired) electrons. The molecule has 0 saturated carbocycles. The van der Waals surface area contributed by atoms with Crippen molar-refractivity contribution >= 4 is 17.7 Å². The molecule has 0 saturated heterocycles. The zero-order valence-corrected chi connectivity index (χ0v) is 11.1. The van der Waals surface area contributed by atoms with E-state index in [1.807, 2.05) is 6.07 Å². The molecular weight excluding hydrogens is 248 g/mol. The van der Waals surface area contributed by atoms with Gasteiger partial charge in [0.25, 0.3) is 5.91 Å². The molecular formula is C13H16N2O4. The number of methoxy groups -OCH3 is 1. The molecule has 1 atom stereocenters. The molecule has 0 spiro atoms. The minimum absolute atomic E-state index is 0.175. The first-order valence-corrected chi connectivity index (χ1v) is 5.91. The van der Waals surface area contributed by atoms with E-state index in [0.29, 0.717) is 18.0 Å². The third-order valence-electron chi connectivity index (χ3n) is 2.88. The van der Waals surface area contributed by atoms with Gasteiger partial charge in [-0.1, -0.05) is 6.07 Å². The Balaban J connectivity index is 2.15. The molecule has 1 aliphatic rings. The molecule has 6 heteroatoms. The van der Waals surface area contributed by atoms with Crippen molar-refractivity contribution in [3.8, 4) is 5.75 Å². The van der Waals surface area contributed by atoms with Gasteiger partial charge in [-0.05, 0) is 24.6 Å². The Labute approximate surface area is 111 Å². The molecule has 1 unspecified atom stereocenters. The Hall–Kier alpha value is -2.24. The lowest BCUT2D eigenvalue weighted by atomic mass is 10.1. The summed E-state index contributed by atoms with van der Waals surface area (Å²) in [6, 6.07) is 5.42. The molecule has 1 heterocycles. The van der Waals surface area contributed by atoms with Gasteiger partial charge in [0.05, 0.1) is 12.8 Å². The van der Waals surface area contributed by atoms with Gasteiger partial charge in [0.2, 0.25) is 0 Å².